The molecule has 0 fully saturated rings. The van der Waals surface area contributed by atoms with Crippen LogP contribution in [0.15, 0.2) is 18.2 Å². The molecule has 0 aliphatic carbocycles. The minimum Gasteiger partial charge on any atom is -0.395 e. The standard InChI is InChI=1S/C17H24FNO/c1-4-14(2)12-19(3)13-16-8-9-17(18)11-15(16)7-5-6-10-20/h8-9,11,14,20H,4,6,10,12-13H2,1-3H3. The molecule has 1 aromatic carbocycles. The summed E-state index contributed by atoms with van der Waals surface area (Å²) >= 11 is 0. The van der Waals surface area contributed by atoms with Gasteiger partial charge in [0.1, 0.15) is 5.82 Å². The molecule has 1 rings (SSSR count). The molecule has 0 saturated carbocycles. The average molecular weight is 277 g/mol. The Labute approximate surface area is 121 Å². The van der Waals surface area contributed by atoms with Crippen LogP contribution < -0.4 is 0 Å². The topological polar surface area (TPSA) is 23.5 Å². The molecule has 1 unspecified atom stereocenters. The first-order valence-electron chi connectivity index (χ1n) is 7.13. The van der Waals surface area contributed by atoms with Gasteiger partial charge in [0.2, 0.25) is 0 Å². The Morgan fingerprint density at radius 1 is 1.40 bits per heavy atom. The van der Waals surface area contributed by atoms with Crippen LogP contribution in [0.4, 0.5) is 4.39 Å². The third-order valence-corrected chi connectivity index (χ3v) is 3.29. The lowest BCUT2D eigenvalue weighted by atomic mass is 10.1. The second kappa shape index (κ2) is 8.73. The molecule has 1 atom stereocenters. The van der Waals surface area contributed by atoms with Crippen LogP contribution >= 0.6 is 0 Å². The molecule has 0 aliphatic rings. The fraction of sp³-hybridized carbons (Fsp3) is 0.529. The smallest absolute Gasteiger partial charge is 0.124 e. The van der Waals surface area contributed by atoms with Crippen LogP contribution in [0.3, 0.4) is 0 Å². The highest BCUT2D eigenvalue weighted by molar-refractivity contribution is 5.41. The van der Waals surface area contributed by atoms with Crippen LogP contribution in [0.1, 0.15) is 37.8 Å². The van der Waals surface area contributed by atoms with Crippen molar-refractivity contribution in [2.24, 2.45) is 5.92 Å². The molecule has 0 radical (unpaired) electrons. The first kappa shape index (κ1) is 16.7. The number of rotatable bonds is 6. The van der Waals surface area contributed by atoms with Gasteiger partial charge in [0.05, 0.1) is 6.61 Å². The highest BCUT2D eigenvalue weighted by Gasteiger charge is 2.08. The average Bonchev–Trinajstić information content (AvgIpc) is 2.41. The van der Waals surface area contributed by atoms with Crippen molar-refractivity contribution in [2.75, 3.05) is 20.2 Å². The summed E-state index contributed by atoms with van der Waals surface area (Å²) in [7, 11) is 2.07. The molecule has 0 saturated heterocycles. The highest BCUT2D eigenvalue weighted by atomic mass is 19.1. The van der Waals surface area contributed by atoms with Crippen molar-refractivity contribution in [1.82, 2.24) is 4.90 Å². The molecule has 20 heavy (non-hydrogen) atoms. The summed E-state index contributed by atoms with van der Waals surface area (Å²) in [6, 6.07) is 4.74. The number of nitrogens with zero attached hydrogens (tertiary/aromatic N) is 1. The number of benzene rings is 1. The number of hydrogen-bond acceptors (Lipinski definition) is 2. The second-order valence-corrected chi connectivity index (χ2v) is 5.29. The third kappa shape index (κ3) is 5.73. The van der Waals surface area contributed by atoms with E-state index in [0.29, 0.717) is 12.3 Å². The van der Waals surface area contributed by atoms with Crippen molar-refractivity contribution in [3.63, 3.8) is 0 Å². The van der Waals surface area contributed by atoms with Gasteiger partial charge in [0.25, 0.3) is 0 Å². The molecular formula is C17H24FNO. The van der Waals surface area contributed by atoms with Crippen molar-refractivity contribution in [1.29, 1.82) is 0 Å². The van der Waals surface area contributed by atoms with E-state index < -0.39 is 0 Å². The zero-order valence-corrected chi connectivity index (χ0v) is 12.6. The molecule has 110 valence electrons. The van der Waals surface area contributed by atoms with Crippen molar-refractivity contribution in [3.05, 3.63) is 35.1 Å². The summed E-state index contributed by atoms with van der Waals surface area (Å²) in [5.41, 5.74) is 1.75. The molecular weight excluding hydrogens is 253 g/mol. The number of halogens is 1. The Bertz CT molecular complexity index is 476. The van der Waals surface area contributed by atoms with Gasteiger partial charge in [0.15, 0.2) is 0 Å². The lowest BCUT2D eigenvalue weighted by Crippen LogP contribution is -2.24. The summed E-state index contributed by atoms with van der Waals surface area (Å²) in [6.07, 6.45) is 1.57. The van der Waals surface area contributed by atoms with Crippen molar-refractivity contribution in [2.45, 2.75) is 33.2 Å². The van der Waals surface area contributed by atoms with Gasteiger partial charge in [-0.1, -0.05) is 38.2 Å². The van der Waals surface area contributed by atoms with E-state index in [1.807, 2.05) is 0 Å². The van der Waals surface area contributed by atoms with E-state index in [9.17, 15) is 4.39 Å². The van der Waals surface area contributed by atoms with E-state index in [0.717, 1.165) is 30.6 Å². The Morgan fingerprint density at radius 3 is 2.80 bits per heavy atom. The minimum absolute atomic E-state index is 0.0333. The van der Waals surface area contributed by atoms with E-state index in [4.69, 9.17) is 5.11 Å². The maximum Gasteiger partial charge on any atom is 0.124 e. The van der Waals surface area contributed by atoms with Gasteiger partial charge >= 0.3 is 0 Å². The van der Waals surface area contributed by atoms with E-state index in [2.05, 4.69) is 37.6 Å². The predicted molar refractivity (Wildman–Crippen MR) is 80.8 cm³/mol. The fourth-order valence-corrected chi connectivity index (χ4v) is 2.03. The van der Waals surface area contributed by atoms with Gasteiger partial charge in [-0.25, -0.2) is 4.39 Å². The Hall–Kier alpha value is -1.37. The first-order valence-corrected chi connectivity index (χ1v) is 7.13. The zero-order valence-electron chi connectivity index (χ0n) is 12.6. The van der Waals surface area contributed by atoms with Crippen LogP contribution in [0.5, 0.6) is 0 Å². The summed E-state index contributed by atoms with van der Waals surface area (Å²) in [4.78, 5) is 2.23. The van der Waals surface area contributed by atoms with Crippen molar-refractivity contribution < 1.29 is 9.50 Å². The monoisotopic (exact) mass is 277 g/mol. The molecule has 3 heteroatoms. The fourth-order valence-electron chi connectivity index (χ4n) is 2.03. The van der Waals surface area contributed by atoms with Gasteiger partial charge in [-0.3, -0.25) is 0 Å². The summed E-state index contributed by atoms with van der Waals surface area (Å²) < 4.78 is 13.3. The molecule has 0 spiro atoms. The SMILES string of the molecule is CCC(C)CN(C)Cc1ccc(F)cc1C#CCCO. The Kier molecular flexibility index (Phi) is 7.28. The maximum atomic E-state index is 13.3. The van der Waals surface area contributed by atoms with Crippen LogP contribution in [0.2, 0.25) is 0 Å². The van der Waals surface area contributed by atoms with Crippen molar-refractivity contribution in [3.8, 4) is 11.8 Å². The van der Waals surface area contributed by atoms with Gasteiger partial charge in [-0.15, -0.1) is 0 Å². The maximum absolute atomic E-state index is 13.3. The predicted octanol–water partition coefficient (Wildman–Crippen LogP) is 3.04. The summed E-state index contributed by atoms with van der Waals surface area (Å²) in [6.45, 7) is 6.21. The molecule has 0 amide bonds. The molecule has 0 bridgehead atoms. The van der Waals surface area contributed by atoms with Gasteiger partial charge in [0, 0.05) is 25.1 Å². The number of hydrogen-bond donors (Lipinski definition) is 1. The summed E-state index contributed by atoms with van der Waals surface area (Å²) in [5.74, 6) is 6.18. The molecule has 0 heterocycles. The Morgan fingerprint density at radius 2 is 2.15 bits per heavy atom. The van der Waals surface area contributed by atoms with Gasteiger partial charge in [-0.2, -0.15) is 0 Å². The quantitative estimate of drug-likeness (QED) is 0.808. The van der Waals surface area contributed by atoms with Crippen molar-refractivity contribution >= 4 is 0 Å². The normalized spacial score (nSPS) is 12.1. The molecule has 1 aromatic rings. The largest absolute Gasteiger partial charge is 0.395 e. The van der Waals surface area contributed by atoms with E-state index >= 15 is 0 Å². The molecule has 0 aromatic heterocycles. The minimum atomic E-state index is -0.272. The van der Waals surface area contributed by atoms with Crippen LogP contribution in [-0.4, -0.2) is 30.2 Å². The van der Waals surface area contributed by atoms with Gasteiger partial charge < -0.3 is 10.0 Å². The van der Waals surface area contributed by atoms with Gasteiger partial charge in [-0.05, 0) is 30.7 Å². The molecule has 2 nitrogen and oxygen atoms in total. The Balaban J connectivity index is 2.81. The van der Waals surface area contributed by atoms with E-state index in [1.165, 1.54) is 12.1 Å². The van der Waals surface area contributed by atoms with E-state index in [-0.39, 0.29) is 12.4 Å². The first-order chi connectivity index (χ1) is 9.56. The third-order valence-electron chi connectivity index (χ3n) is 3.29. The van der Waals surface area contributed by atoms with E-state index in [1.54, 1.807) is 6.07 Å². The molecule has 0 aliphatic heterocycles. The second-order valence-electron chi connectivity index (χ2n) is 5.29. The lowest BCUT2D eigenvalue weighted by Gasteiger charge is -2.21. The van der Waals surface area contributed by atoms with Crippen LogP contribution in [0.25, 0.3) is 0 Å². The number of aliphatic hydroxyl groups is 1. The molecule has 1 N–H and O–H groups in total. The zero-order chi connectivity index (χ0) is 15.0. The lowest BCUT2D eigenvalue weighted by molar-refractivity contribution is 0.275. The van der Waals surface area contributed by atoms with Crippen LogP contribution in [0, 0.1) is 23.6 Å². The summed E-state index contributed by atoms with van der Waals surface area (Å²) in [5, 5.41) is 8.76. The number of aliphatic hydroxyl groups excluding tert-OH is 1. The van der Waals surface area contributed by atoms with Crippen LogP contribution in [-0.2, 0) is 6.54 Å². The highest BCUT2D eigenvalue weighted by Crippen LogP contribution is 2.14.